The minimum absolute atomic E-state index is 0.0109. The standard InChI is InChI=1S/C21H23BrClNO3/c1-2-14-5-7-20(17(22)12-14)26-10-3-4-21(25)24-18-9-11-27-19-8-6-15(23)13-16(18)19/h5-8,12-13,18H,2-4,9-11H2,1H3,(H,24,25). The summed E-state index contributed by atoms with van der Waals surface area (Å²) in [5.74, 6) is 1.61. The van der Waals surface area contributed by atoms with Gasteiger partial charge in [0.05, 0.1) is 23.7 Å². The van der Waals surface area contributed by atoms with E-state index in [4.69, 9.17) is 21.1 Å². The summed E-state index contributed by atoms with van der Waals surface area (Å²) >= 11 is 9.61. The average Bonchev–Trinajstić information content (AvgIpc) is 2.66. The van der Waals surface area contributed by atoms with Gasteiger partial charge in [-0.05, 0) is 64.7 Å². The summed E-state index contributed by atoms with van der Waals surface area (Å²) in [5, 5.41) is 3.73. The Balaban J connectivity index is 1.46. The van der Waals surface area contributed by atoms with Crippen LogP contribution in [0.25, 0.3) is 0 Å². The molecular weight excluding hydrogens is 430 g/mol. The van der Waals surface area contributed by atoms with Gasteiger partial charge in [-0.3, -0.25) is 4.79 Å². The van der Waals surface area contributed by atoms with Gasteiger partial charge in [0.2, 0.25) is 5.91 Å². The molecule has 4 nitrogen and oxygen atoms in total. The van der Waals surface area contributed by atoms with Crippen LogP contribution in [0, 0.1) is 0 Å². The molecule has 1 amide bonds. The molecule has 144 valence electrons. The van der Waals surface area contributed by atoms with Crippen LogP contribution in [0.1, 0.15) is 43.4 Å². The smallest absolute Gasteiger partial charge is 0.220 e. The lowest BCUT2D eigenvalue weighted by Crippen LogP contribution is -2.32. The van der Waals surface area contributed by atoms with E-state index in [1.165, 1.54) is 5.56 Å². The van der Waals surface area contributed by atoms with Crippen molar-refractivity contribution in [1.29, 1.82) is 0 Å². The Bertz CT molecular complexity index is 812. The maximum absolute atomic E-state index is 12.3. The molecule has 0 aromatic heterocycles. The minimum Gasteiger partial charge on any atom is -0.493 e. The third-order valence-corrected chi connectivity index (χ3v) is 5.41. The molecule has 1 aliphatic rings. The quantitative estimate of drug-likeness (QED) is 0.567. The van der Waals surface area contributed by atoms with E-state index in [0.717, 1.165) is 34.4 Å². The fourth-order valence-corrected chi connectivity index (χ4v) is 3.80. The van der Waals surface area contributed by atoms with Gasteiger partial charge in [0.15, 0.2) is 0 Å². The van der Waals surface area contributed by atoms with Crippen LogP contribution in [0.15, 0.2) is 40.9 Å². The number of ether oxygens (including phenoxy) is 2. The highest BCUT2D eigenvalue weighted by atomic mass is 79.9. The Morgan fingerprint density at radius 1 is 1.33 bits per heavy atom. The van der Waals surface area contributed by atoms with Crippen LogP contribution in [0.3, 0.4) is 0 Å². The van der Waals surface area contributed by atoms with Crippen LogP contribution in [0.4, 0.5) is 0 Å². The van der Waals surface area contributed by atoms with Crippen molar-refractivity contribution < 1.29 is 14.3 Å². The van der Waals surface area contributed by atoms with E-state index in [0.29, 0.717) is 31.1 Å². The molecule has 1 atom stereocenters. The molecule has 27 heavy (non-hydrogen) atoms. The third kappa shape index (κ3) is 5.39. The molecule has 1 unspecified atom stereocenters. The fourth-order valence-electron chi connectivity index (χ4n) is 3.08. The molecule has 6 heteroatoms. The topological polar surface area (TPSA) is 47.6 Å². The number of halogens is 2. The zero-order valence-electron chi connectivity index (χ0n) is 15.3. The summed E-state index contributed by atoms with van der Waals surface area (Å²) in [6, 6.07) is 11.5. The first-order valence-electron chi connectivity index (χ1n) is 9.19. The number of carbonyl (C=O) groups excluding carboxylic acids is 1. The molecule has 0 fully saturated rings. The zero-order valence-corrected chi connectivity index (χ0v) is 17.6. The van der Waals surface area contributed by atoms with Gasteiger partial charge in [-0.25, -0.2) is 0 Å². The molecule has 1 heterocycles. The maximum Gasteiger partial charge on any atom is 0.220 e. The first-order valence-corrected chi connectivity index (χ1v) is 10.4. The van der Waals surface area contributed by atoms with Gasteiger partial charge in [-0.15, -0.1) is 0 Å². The van der Waals surface area contributed by atoms with Gasteiger partial charge < -0.3 is 14.8 Å². The molecule has 1 N–H and O–H groups in total. The largest absolute Gasteiger partial charge is 0.493 e. The number of hydrogen-bond acceptors (Lipinski definition) is 3. The van der Waals surface area contributed by atoms with E-state index in [1.54, 1.807) is 6.07 Å². The lowest BCUT2D eigenvalue weighted by molar-refractivity contribution is -0.122. The maximum atomic E-state index is 12.3. The molecule has 0 radical (unpaired) electrons. The molecule has 3 rings (SSSR count). The molecule has 2 aromatic rings. The number of amides is 1. The number of fused-ring (bicyclic) bond motifs is 1. The zero-order chi connectivity index (χ0) is 19.2. The van der Waals surface area contributed by atoms with Crippen molar-refractivity contribution in [2.24, 2.45) is 0 Å². The number of rotatable bonds is 7. The number of carbonyl (C=O) groups is 1. The molecule has 1 aliphatic heterocycles. The van der Waals surface area contributed by atoms with Crippen molar-refractivity contribution in [3.63, 3.8) is 0 Å². The third-order valence-electron chi connectivity index (χ3n) is 4.56. The minimum atomic E-state index is -0.0587. The highest BCUT2D eigenvalue weighted by Crippen LogP contribution is 2.34. The van der Waals surface area contributed by atoms with Gasteiger partial charge in [0.25, 0.3) is 0 Å². The first kappa shape index (κ1) is 20.0. The van der Waals surface area contributed by atoms with Gasteiger partial charge in [0.1, 0.15) is 11.5 Å². The van der Waals surface area contributed by atoms with E-state index >= 15 is 0 Å². The first-order chi connectivity index (χ1) is 13.1. The Kier molecular flexibility index (Phi) is 7.02. The summed E-state index contributed by atoms with van der Waals surface area (Å²) < 4.78 is 12.4. The van der Waals surface area contributed by atoms with Crippen LogP contribution in [-0.4, -0.2) is 19.1 Å². The fraction of sp³-hybridized carbons (Fsp3) is 0.381. The second kappa shape index (κ2) is 9.47. The van der Waals surface area contributed by atoms with Gasteiger partial charge in [0, 0.05) is 23.4 Å². The molecule has 0 saturated carbocycles. The SMILES string of the molecule is CCc1ccc(OCCCC(=O)NC2CCOc3ccc(Cl)cc32)c(Br)c1. The predicted molar refractivity (Wildman–Crippen MR) is 111 cm³/mol. The second-order valence-electron chi connectivity index (χ2n) is 6.51. The summed E-state index contributed by atoms with van der Waals surface area (Å²) in [7, 11) is 0. The highest BCUT2D eigenvalue weighted by Gasteiger charge is 2.23. The lowest BCUT2D eigenvalue weighted by Gasteiger charge is -2.27. The van der Waals surface area contributed by atoms with Crippen molar-refractivity contribution in [1.82, 2.24) is 5.32 Å². The molecule has 0 saturated heterocycles. The molecule has 0 bridgehead atoms. The summed E-state index contributed by atoms with van der Waals surface area (Å²) in [5.41, 5.74) is 2.20. The van der Waals surface area contributed by atoms with Crippen molar-refractivity contribution in [2.75, 3.05) is 13.2 Å². The van der Waals surface area contributed by atoms with Gasteiger partial charge >= 0.3 is 0 Å². The van der Waals surface area contributed by atoms with E-state index in [-0.39, 0.29) is 11.9 Å². The van der Waals surface area contributed by atoms with Crippen LogP contribution in [-0.2, 0) is 11.2 Å². The van der Waals surface area contributed by atoms with E-state index in [2.05, 4.69) is 40.3 Å². The second-order valence-corrected chi connectivity index (χ2v) is 7.80. The molecule has 0 spiro atoms. The number of hydrogen-bond donors (Lipinski definition) is 1. The predicted octanol–water partition coefficient (Wildman–Crippen LogP) is 5.46. The Hall–Kier alpha value is -1.72. The van der Waals surface area contributed by atoms with Crippen molar-refractivity contribution in [3.8, 4) is 11.5 Å². The Labute approximate surface area is 173 Å². The van der Waals surface area contributed by atoms with Crippen LogP contribution in [0.2, 0.25) is 5.02 Å². The average molecular weight is 453 g/mol. The number of nitrogens with one attached hydrogen (secondary N) is 1. The summed E-state index contributed by atoms with van der Waals surface area (Å²) in [6.07, 6.45) is 2.79. The molecular formula is C21H23BrClNO3. The Morgan fingerprint density at radius 2 is 2.19 bits per heavy atom. The van der Waals surface area contributed by atoms with E-state index in [9.17, 15) is 4.79 Å². The number of benzene rings is 2. The van der Waals surface area contributed by atoms with Crippen LogP contribution >= 0.6 is 27.5 Å². The summed E-state index contributed by atoms with van der Waals surface area (Å²) in [4.78, 5) is 12.3. The van der Waals surface area contributed by atoms with Gasteiger partial charge in [-0.2, -0.15) is 0 Å². The van der Waals surface area contributed by atoms with Crippen molar-refractivity contribution in [3.05, 3.63) is 57.0 Å². The highest BCUT2D eigenvalue weighted by molar-refractivity contribution is 9.10. The lowest BCUT2D eigenvalue weighted by atomic mass is 10.0. The summed E-state index contributed by atoms with van der Waals surface area (Å²) in [6.45, 7) is 3.20. The van der Waals surface area contributed by atoms with E-state index < -0.39 is 0 Å². The van der Waals surface area contributed by atoms with Crippen LogP contribution < -0.4 is 14.8 Å². The molecule has 0 aliphatic carbocycles. The van der Waals surface area contributed by atoms with Crippen molar-refractivity contribution >= 4 is 33.4 Å². The number of aryl methyl sites for hydroxylation is 1. The van der Waals surface area contributed by atoms with Gasteiger partial charge in [-0.1, -0.05) is 24.6 Å². The Morgan fingerprint density at radius 3 is 2.96 bits per heavy atom. The van der Waals surface area contributed by atoms with E-state index in [1.807, 2.05) is 18.2 Å². The monoisotopic (exact) mass is 451 g/mol. The van der Waals surface area contributed by atoms with Crippen molar-refractivity contribution in [2.45, 2.75) is 38.6 Å². The van der Waals surface area contributed by atoms with Crippen LogP contribution in [0.5, 0.6) is 11.5 Å². The normalized spacial score (nSPS) is 15.6. The molecule has 2 aromatic carbocycles.